The first-order chi connectivity index (χ1) is 8.97. The van der Waals surface area contributed by atoms with Crippen LogP contribution in [-0.2, 0) is 4.79 Å². The van der Waals surface area contributed by atoms with Gasteiger partial charge in [0.2, 0.25) is 5.91 Å². The van der Waals surface area contributed by atoms with Gasteiger partial charge in [0.05, 0.1) is 11.1 Å². The van der Waals surface area contributed by atoms with E-state index < -0.39 is 11.9 Å². The Balaban J connectivity index is 1.98. The van der Waals surface area contributed by atoms with Crippen molar-refractivity contribution in [3.8, 4) is 0 Å². The van der Waals surface area contributed by atoms with Crippen LogP contribution in [0.5, 0.6) is 0 Å². The van der Waals surface area contributed by atoms with E-state index >= 15 is 0 Å². The second-order valence-corrected chi connectivity index (χ2v) is 5.23. The van der Waals surface area contributed by atoms with E-state index in [2.05, 4.69) is 5.32 Å². The van der Waals surface area contributed by atoms with E-state index in [1.54, 1.807) is 19.1 Å². The van der Waals surface area contributed by atoms with Crippen LogP contribution in [-0.4, -0.2) is 31.1 Å². The zero-order valence-corrected chi connectivity index (χ0v) is 11.5. The van der Waals surface area contributed by atoms with Gasteiger partial charge in [-0.15, -0.1) is 0 Å². The quantitative estimate of drug-likeness (QED) is 0.885. The minimum absolute atomic E-state index is 0.0530. The van der Waals surface area contributed by atoms with Crippen LogP contribution in [0, 0.1) is 5.82 Å². The van der Waals surface area contributed by atoms with Crippen molar-refractivity contribution in [3.05, 3.63) is 29.0 Å². The molecule has 0 bridgehead atoms. The van der Waals surface area contributed by atoms with Gasteiger partial charge >= 0.3 is 0 Å². The average Bonchev–Trinajstić information content (AvgIpc) is 2.81. The van der Waals surface area contributed by atoms with Gasteiger partial charge in [0.1, 0.15) is 5.82 Å². The molecular formula is C13H17ClFN3O. The van der Waals surface area contributed by atoms with E-state index in [0.717, 1.165) is 18.7 Å². The maximum Gasteiger partial charge on any atom is 0.236 e. The number of carbonyl (C=O) groups is 1. The number of benzene rings is 1. The van der Waals surface area contributed by atoms with Crippen molar-refractivity contribution in [1.29, 1.82) is 0 Å². The predicted molar refractivity (Wildman–Crippen MR) is 73.8 cm³/mol. The molecule has 1 fully saturated rings. The lowest BCUT2D eigenvalue weighted by Gasteiger charge is -2.19. The Labute approximate surface area is 116 Å². The van der Waals surface area contributed by atoms with Gasteiger partial charge in [0.15, 0.2) is 0 Å². The Morgan fingerprint density at radius 2 is 2.37 bits per heavy atom. The van der Waals surface area contributed by atoms with E-state index in [4.69, 9.17) is 17.3 Å². The van der Waals surface area contributed by atoms with Crippen LogP contribution in [0.3, 0.4) is 0 Å². The van der Waals surface area contributed by atoms with Gasteiger partial charge in [-0.3, -0.25) is 4.79 Å². The second-order valence-electron chi connectivity index (χ2n) is 4.83. The van der Waals surface area contributed by atoms with Crippen LogP contribution >= 0.6 is 11.6 Å². The van der Waals surface area contributed by atoms with E-state index in [1.807, 2.05) is 4.90 Å². The standard InChI is InChI=1S/C13H17ClFN3O/c1-8(16)13(19)17-9-4-5-18(7-9)10-2-3-11(14)12(15)6-10/h2-3,6,8-9H,4-5,7,16H2,1H3,(H,17,19)/t8-,9?/m1/s1. The number of amides is 1. The number of halogens is 2. The van der Waals surface area contributed by atoms with Gasteiger partial charge in [-0.1, -0.05) is 11.6 Å². The van der Waals surface area contributed by atoms with Crippen molar-refractivity contribution in [3.63, 3.8) is 0 Å². The highest BCUT2D eigenvalue weighted by molar-refractivity contribution is 6.30. The van der Waals surface area contributed by atoms with Gasteiger partial charge in [-0.25, -0.2) is 4.39 Å². The van der Waals surface area contributed by atoms with E-state index in [-0.39, 0.29) is 17.0 Å². The summed E-state index contributed by atoms with van der Waals surface area (Å²) in [7, 11) is 0. The van der Waals surface area contributed by atoms with Gasteiger partial charge in [0.25, 0.3) is 0 Å². The van der Waals surface area contributed by atoms with Crippen LogP contribution in [0.4, 0.5) is 10.1 Å². The fourth-order valence-corrected chi connectivity index (χ4v) is 2.24. The molecule has 4 nitrogen and oxygen atoms in total. The minimum atomic E-state index is -0.512. The molecule has 1 heterocycles. The van der Waals surface area contributed by atoms with Gasteiger partial charge < -0.3 is 16.0 Å². The molecule has 0 radical (unpaired) electrons. The maximum absolute atomic E-state index is 13.4. The maximum atomic E-state index is 13.4. The molecule has 6 heteroatoms. The third kappa shape index (κ3) is 3.36. The molecule has 2 atom stereocenters. The first kappa shape index (κ1) is 14.1. The molecule has 0 aromatic heterocycles. The third-order valence-corrected chi connectivity index (χ3v) is 3.52. The second kappa shape index (κ2) is 5.75. The molecule has 1 saturated heterocycles. The summed E-state index contributed by atoms with van der Waals surface area (Å²) >= 11 is 5.66. The summed E-state index contributed by atoms with van der Waals surface area (Å²) in [4.78, 5) is 13.5. The van der Waals surface area contributed by atoms with Crippen molar-refractivity contribution < 1.29 is 9.18 Å². The molecule has 2 rings (SSSR count). The summed E-state index contributed by atoms with van der Waals surface area (Å²) in [6.07, 6.45) is 0.822. The lowest BCUT2D eigenvalue weighted by atomic mass is 10.2. The third-order valence-electron chi connectivity index (χ3n) is 3.22. The summed E-state index contributed by atoms with van der Waals surface area (Å²) in [5.41, 5.74) is 6.28. The fourth-order valence-electron chi connectivity index (χ4n) is 2.13. The van der Waals surface area contributed by atoms with Crippen LogP contribution in [0.2, 0.25) is 5.02 Å². The number of nitrogens with one attached hydrogen (secondary N) is 1. The molecule has 1 aromatic rings. The Hall–Kier alpha value is -1.33. The first-order valence-corrected chi connectivity index (χ1v) is 6.61. The Bertz CT molecular complexity index is 481. The number of hydrogen-bond acceptors (Lipinski definition) is 3. The molecule has 3 N–H and O–H groups in total. The highest BCUT2D eigenvalue weighted by Gasteiger charge is 2.25. The number of carbonyl (C=O) groups excluding carboxylic acids is 1. The Kier molecular flexibility index (Phi) is 4.27. The Morgan fingerprint density at radius 1 is 1.63 bits per heavy atom. The highest BCUT2D eigenvalue weighted by atomic mass is 35.5. The van der Waals surface area contributed by atoms with Crippen LogP contribution in [0.25, 0.3) is 0 Å². The number of nitrogens with two attached hydrogens (primary N) is 1. The van der Waals surface area contributed by atoms with Crippen molar-refractivity contribution >= 4 is 23.2 Å². The molecule has 19 heavy (non-hydrogen) atoms. The van der Waals surface area contributed by atoms with E-state index in [0.29, 0.717) is 6.54 Å². The first-order valence-electron chi connectivity index (χ1n) is 6.23. The van der Waals surface area contributed by atoms with E-state index in [1.165, 1.54) is 6.07 Å². The monoisotopic (exact) mass is 285 g/mol. The average molecular weight is 286 g/mol. The summed E-state index contributed by atoms with van der Waals surface area (Å²) < 4.78 is 13.4. The fraction of sp³-hybridized carbons (Fsp3) is 0.462. The summed E-state index contributed by atoms with van der Waals surface area (Å²) in [6, 6.07) is 4.28. The molecule has 0 aliphatic carbocycles. The summed E-state index contributed by atoms with van der Waals surface area (Å²) in [5.74, 6) is -0.587. The van der Waals surface area contributed by atoms with Crippen LogP contribution < -0.4 is 16.0 Å². The van der Waals surface area contributed by atoms with Crippen LogP contribution in [0.15, 0.2) is 18.2 Å². The molecular weight excluding hydrogens is 269 g/mol. The largest absolute Gasteiger partial charge is 0.369 e. The van der Waals surface area contributed by atoms with Crippen molar-refractivity contribution in [2.75, 3.05) is 18.0 Å². The van der Waals surface area contributed by atoms with Gasteiger partial charge in [0, 0.05) is 24.8 Å². The molecule has 1 aliphatic heterocycles. The lowest BCUT2D eigenvalue weighted by molar-refractivity contribution is -0.122. The molecule has 104 valence electrons. The molecule has 0 spiro atoms. The number of nitrogens with zero attached hydrogens (tertiary/aromatic N) is 1. The lowest BCUT2D eigenvalue weighted by Crippen LogP contribution is -2.44. The zero-order chi connectivity index (χ0) is 14.0. The molecule has 1 amide bonds. The topological polar surface area (TPSA) is 58.4 Å². The Morgan fingerprint density at radius 3 is 3.00 bits per heavy atom. The zero-order valence-electron chi connectivity index (χ0n) is 10.7. The normalized spacial score (nSPS) is 20.4. The molecule has 0 saturated carbocycles. The molecule has 1 aromatic carbocycles. The summed E-state index contributed by atoms with van der Waals surface area (Å²) in [6.45, 7) is 3.07. The minimum Gasteiger partial charge on any atom is -0.369 e. The number of anilines is 1. The van der Waals surface area contributed by atoms with Crippen molar-refractivity contribution in [1.82, 2.24) is 5.32 Å². The van der Waals surface area contributed by atoms with Crippen molar-refractivity contribution in [2.24, 2.45) is 5.73 Å². The molecule has 1 aliphatic rings. The van der Waals surface area contributed by atoms with Gasteiger partial charge in [-0.05, 0) is 31.5 Å². The summed E-state index contributed by atoms with van der Waals surface area (Å²) in [5, 5.41) is 2.99. The smallest absolute Gasteiger partial charge is 0.236 e. The van der Waals surface area contributed by atoms with Gasteiger partial charge in [-0.2, -0.15) is 0 Å². The predicted octanol–water partition coefficient (Wildman–Crippen LogP) is 1.52. The number of hydrogen-bond donors (Lipinski definition) is 2. The van der Waals surface area contributed by atoms with Crippen LogP contribution in [0.1, 0.15) is 13.3 Å². The SMILES string of the molecule is C[C@@H](N)C(=O)NC1CCN(c2ccc(Cl)c(F)c2)C1. The highest BCUT2D eigenvalue weighted by Crippen LogP contribution is 2.24. The van der Waals surface area contributed by atoms with E-state index in [9.17, 15) is 9.18 Å². The number of rotatable bonds is 3. The molecule has 1 unspecified atom stereocenters. The van der Waals surface area contributed by atoms with Crippen molar-refractivity contribution in [2.45, 2.75) is 25.4 Å².